The van der Waals surface area contributed by atoms with Crippen molar-refractivity contribution in [2.24, 2.45) is 0 Å². The molecule has 6 rings (SSSR count). The summed E-state index contributed by atoms with van der Waals surface area (Å²) in [5.74, 6) is -3.28. The summed E-state index contributed by atoms with van der Waals surface area (Å²) in [6.45, 7) is 0.594. The number of aromatic nitrogens is 2. The molecule has 0 spiro atoms. The van der Waals surface area contributed by atoms with Gasteiger partial charge in [-0.2, -0.15) is 0 Å². The van der Waals surface area contributed by atoms with Gasteiger partial charge in [0.25, 0.3) is 0 Å². The van der Waals surface area contributed by atoms with Crippen LogP contribution in [0.1, 0.15) is 31.8 Å². The molecule has 1 N–H and O–H groups in total. The van der Waals surface area contributed by atoms with Crippen LogP contribution in [0, 0.1) is 5.82 Å². The molecule has 6 nitrogen and oxygen atoms in total. The van der Waals surface area contributed by atoms with Crippen LogP contribution in [0.5, 0.6) is 0 Å². The van der Waals surface area contributed by atoms with Gasteiger partial charge in [0.05, 0.1) is 11.1 Å². The zero-order chi connectivity index (χ0) is 30.3. The Hall–Kier alpha value is -5.38. The van der Waals surface area contributed by atoms with Gasteiger partial charge in [-0.05, 0) is 87.6 Å². The third-order valence-corrected chi connectivity index (χ3v) is 7.16. The van der Waals surface area contributed by atoms with Crippen LogP contribution in [0.4, 0.5) is 17.6 Å². The number of halogens is 4. The molecule has 0 aliphatic heterocycles. The third-order valence-electron chi connectivity index (χ3n) is 7.16. The minimum atomic E-state index is -5.06. The number of ether oxygens (including phenoxy) is 1. The lowest BCUT2D eigenvalue weighted by atomic mass is 10.0. The van der Waals surface area contributed by atoms with Crippen molar-refractivity contribution in [1.82, 2.24) is 9.13 Å². The maximum atomic E-state index is 14.1. The molecule has 0 atom stereocenters. The van der Waals surface area contributed by atoms with Gasteiger partial charge in [-0.25, -0.2) is 14.0 Å². The molecule has 4 aromatic carbocycles. The van der Waals surface area contributed by atoms with Crippen LogP contribution < -0.4 is 0 Å². The smallest absolute Gasteiger partial charge is 0.478 e. The lowest BCUT2D eigenvalue weighted by molar-refractivity contribution is -0.291. The first kappa shape index (κ1) is 27.8. The molecule has 0 amide bonds. The molecule has 0 saturated heterocycles. The molecule has 2 aromatic heterocycles. The van der Waals surface area contributed by atoms with Crippen LogP contribution in [-0.2, 0) is 17.8 Å². The summed E-state index contributed by atoms with van der Waals surface area (Å²) in [6.07, 6.45) is -1.32. The number of carboxylic acids is 1. The average molecular weight is 587 g/mol. The Bertz CT molecular complexity index is 2020. The molecule has 2 heterocycles. The highest BCUT2D eigenvalue weighted by Crippen LogP contribution is 2.30. The van der Waals surface area contributed by atoms with Gasteiger partial charge in [-0.3, -0.25) is 0 Å². The van der Waals surface area contributed by atoms with Crippen molar-refractivity contribution in [2.45, 2.75) is 19.5 Å². The van der Waals surface area contributed by atoms with Gasteiger partial charge in [-0.1, -0.05) is 36.4 Å². The van der Waals surface area contributed by atoms with Crippen LogP contribution >= 0.6 is 0 Å². The van der Waals surface area contributed by atoms with E-state index in [1.165, 1.54) is 30.3 Å². The van der Waals surface area contributed by atoms with Gasteiger partial charge in [-0.15, -0.1) is 13.2 Å². The molecule has 0 aliphatic rings. The van der Waals surface area contributed by atoms with Crippen LogP contribution in [0.3, 0.4) is 0 Å². The zero-order valence-electron chi connectivity index (χ0n) is 22.3. The van der Waals surface area contributed by atoms with E-state index in [0.29, 0.717) is 17.7 Å². The molecule has 0 radical (unpaired) electrons. The lowest BCUT2D eigenvalue weighted by Gasteiger charge is -2.11. The fourth-order valence-electron chi connectivity index (χ4n) is 5.22. The first-order chi connectivity index (χ1) is 20.5. The minimum absolute atomic E-state index is 0.114. The third kappa shape index (κ3) is 5.99. The molecule has 10 heteroatoms. The van der Waals surface area contributed by atoms with Crippen LogP contribution in [0.2, 0.25) is 0 Å². The van der Waals surface area contributed by atoms with E-state index in [2.05, 4.69) is 4.74 Å². The van der Waals surface area contributed by atoms with Gasteiger partial charge in [0.1, 0.15) is 5.82 Å². The Balaban J connectivity index is 1.30. The normalized spacial score (nSPS) is 11.7. The average Bonchev–Trinajstić information content (AvgIpc) is 3.55. The van der Waals surface area contributed by atoms with Crippen LogP contribution in [-0.4, -0.2) is 32.5 Å². The number of benzene rings is 4. The van der Waals surface area contributed by atoms with E-state index in [1.807, 2.05) is 70.1 Å². The maximum Gasteiger partial charge on any atom is 0.575 e. The second kappa shape index (κ2) is 10.8. The largest absolute Gasteiger partial charge is 0.575 e. The first-order valence-electron chi connectivity index (χ1n) is 13.1. The highest BCUT2D eigenvalue weighted by Gasteiger charge is 2.34. The Morgan fingerprint density at radius 2 is 1.28 bits per heavy atom. The van der Waals surface area contributed by atoms with E-state index in [9.17, 15) is 32.3 Å². The van der Waals surface area contributed by atoms with Gasteiger partial charge in [0.15, 0.2) is 0 Å². The monoisotopic (exact) mass is 586 g/mol. The number of aromatic carboxylic acids is 1. The number of esters is 1. The fraction of sp³-hybridized carbons (Fsp3) is 0.0909. The predicted octanol–water partition coefficient (Wildman–Crippen LogP) is 7.87. The second-order valence-corrected chi connectivity index (χ2v) is 10.1. The first-order valence-corrected chi connectivity index (χ1v) is 13.1. The second-order valence-electron chi connectivity index (χ2n) is 10.1. The van der Waals surface area contributed by atoms with Gasteiger partial charge in [0, 0.05) is 36.5 Å². The summed E-state index contributed by atoms with van der Waals surface area (Å²) in [5, 5.41) is 11.2. The van der Waals surface area contributed by atoms with Crippen molar-refractivity contribution < 1.29 is 37.0 Å². The Morgan fingerprint density at radius 1 is 0.698 bits per heavy atom. The summed E-state index contributed by atoms with van der Waals surface area (Å²) < 4.78 is 59.0. The molecular weight excluding hydrogens is 564 g/mol. The van der Waals surface area contributed by atoms with E-state index >= 15 is 0 Å². The summed E-state index contributed by atoms with van der Waals surface area (Å²) in [4.78, 5) is 23.3. The number of alkyl halides is 3. The molecule has 0 aliphatic carbocycles. The number of carbonyl (C=O) groups excluding carboxylic acids is 1. The number of carboxylic acid groups (broad SMARTS) is 1. The van der Waals surface area contributed by atoms with Crippen molar-refractivity contribution in [3.05, 3.63) is 131 Å². The SMILES string of the molecule is O=C(O)c1cc(F)cc(Cn2ccc3ccc(-c4ccc5ccn(Cc6cccc(C(=O)OC(F)(F)F)c6)c5c4)cc32)c1. The molecule has 6 aromatic rings. The molecule has 0 saturated carbocycles. The Kier molecular flexibility index (Phi) is 6.97. The fourth-order valence-corrected chi connectivity index (χ4v) is 5.22. The van der Waals surface area contributed by atoms with Crippen LogP contribution in [0.15, 0.2) is 103 Å². The Morgan fingerprint density at radius 3 is 1.86 bits per heavy atom. The summed E-state index contributed by atoms with van der Waals surface area (Å²) in [6, 6.07) is 25.5. The molecule has 43 heavy (non-hydrogen) atoms. The molecule has 0 fully saturated rings. The molecule has 0 bridgehead atoms. The number of hydrogen-bond acceptors (Lipinski definition) is 3. The van der Waals surface area contributed by atoms with E-state index in [-0.39, 0.29) is 17.7 Å². The maximum absolute atomic E-state index is 14.1. The number of nitrogens with zero attached hydrogens (tertiary/aromatic N) is 2. The van der Waals surface area contributed by atoms with Crippen molar-refractivity contribution in [1.29, 1.82) is 0 Å². The highest BCUT2D eigenvalue weighted by molar-refractivity contribution is 5.91. The Labute approximate surface area is 242 Å². The van der Waals surface area contributed by atoms with Gasteiger partial charge < -0.3 is 19.0 Å². The summed E-state index contributed by atoms with van der Waals surface area (Å²) in [7, 11) is 0. The van der Waals surface area contributed by atoms with E-state index < -0.39 is 24.1 Å². The molecule has 216 valence electrons. The van der Waals surface area contributed by atoms with Crippen molar-refractivity contribution >= 4 is 33.7 Å². The van der Waals surface area contributed by atoms with E-state index in [0.717, 1.165) is 39.0 Å². The summed E-state index contributed by atoms with van der Waals surface area (Å²) >= 11 is 0. The van der Waals surface area contributed by atoms with Gasteiger partial charge >= 0.3 is 18.3 Å². The topological polar surface area (TPSA) is 73.5 Å². The minimum Gasteiger partial charge on any atom is -0.478 e. The molecule has 0 unspecified atom stereocenters. The zero-order valence-corrected chi connectivity index (χ0v) is 22.3. The lowest BCUT2D eigenvalue weighted by Crippen LogP contribution is -2.19. The molecular formula is C33H22F4N2O4. The standard InChI is InChI=1S/C33H22F4N2O4/c34-28-14-21(13-27(15-28)31(40)41)19-39-11-9-23-5-7-25(17-30(23)39)24-6-4-22-8-10-38(29(22)16-24)18-20-2-1-3-26(12-20)32(42)43-33(35,36)37/h1-17H,18-19H2,(H,40,41). The summed E-state index contributed by atoms with van der Waals surface area (Å²) in [5.41, 5.74) is 4.46. The predicted molar refractivity (Wildman–Crippen MR) is 152 cm³/mol. The van der Waals surface area contributed by atoms with Crippen molar-refractivity contribution in [3.63, 3.8) is 0 Å². The van der Waals surface area contributed by atoms with E-state index in [1.54, 1.807) is 6.07 Å². The highest BCUT2D eigenvalue weighted by atomic mass is 19.4. The van der Waals surface area contributed by atoms with Crippen molar-refractivity contribution in [2.75, 3.05) is 0 Å². The van der Waals surface area contributed by atoms with Crippen molar-refractivity contribution in [3.8, 4) is 11.1 Å². The number of rotatable bonds is 7. The quantitative estimate of drug-likeness (QED) is 0.153. The number of hydrogen-bond donors (Lipinski definition) is 1. The van der Waals surface area contributed by atoms with E-state index in [4.69, 9.17) is 0 Å². The number of carbonyl (C=O) groups is 2. The van der Waals surface area contributed by atoms with Gasteiger partial charge in [0.2, 0.25) is 0 Å². The van der Waals surface area contributed by atoms with Crippen LogP contribution in [0.25, 0.3) is 32.9 Å². The number of fused-ring (bicyclic) bond motifs is 2.